The second-order valence-electron chi connectivity index (χ2n) is 8.59. The van der Waals surface area contributed by atoms with Crippen LogP contribution < -0.4 is 4.74 Å². The molecule has 6 heteroatoms. The zero-order valence-electron chi connectivity index (χ0n) is 18.9. The molecule has 0 bridgehead atoms. The summed E-state index contributed by atoms with van der Waals surface area (Å²) in [6.07, 6.45) is 4.91. The summed E-state index contributed by atoms with van der Waals surface area (Å²) in [6, 6.07) is 19.1. The van der Waals surface area contributed by atoms with Crippen LogP contribution in [0.5, 0.6) is 5.88 Å². The molecule has 0 saturated heterocycles. The average Bonchev–Trinajstić information content (AvgIpc) is 3.11. The molecule has 4 aromatic rings. The molecular formula is C27H30N2O4. The molecule has 6 nitrogen and oxygen atoms in total. The van der Waals surface area contributed by atoms with Gasteiger partial charge in [-0.25, -0.2) is 4.98 Å². The summed E-state index contributed by atoms with van der Waals surface area (Å²) in [5.74, 6) is 0.658. The molecule has 1 N–H and O–H groups in total. The molecule has 1 fully saturated rings. The van der Waals surface area contributed by atoms with Gasteiger partial charge in [0, 0.05) is 72.7 Å². The predicted octanol–water partition coefficient (Wildman–Crippen LogP) is 4.72. The maximum atomic E-state index is 8.68. The number of fused-ring (bicyclic) bond motifs is 3. The number of pyridine rings is 1. The number of para-hydroxylation sites is 1. The number of nitrogens with zero attached hydrogens (tertiary/aromatic N) is 2. The number of aliphatic hydroxyl groups excluding tert-OH is 1. The van der Waals surface area contributed by atoms with Crippen LogP contribution in [0.15, 0.2) is 60.8 Å². The van der Waals surface area contributed by atoms with E-state index in [-0.39, 0.29) is 18.8 Å². The fourth-order valence-corrected chi connectivity index (χ4v) is 4.46. The molecule has 0 atom stereocenters. The van der Waals surface area contributed by atoms with Gasteiger partial charge in [-0.15, -0.1) is 0 Å². The van der Waals surface area contributed by atoms with Gasteiger partial charge in [0.2, 0.25) is 5.88 Å². The maximum absolute atomic E-state index is 8.68. The number of aromatic nitrogens is 2. The highest BCUT2D eigenvalue weighted by Gasteiger charge is 2.31. The van der Waals surface area contributed by atoms with E-state index in [0.29, 0.717) is 25.7 Å². The first kappa shape index (κ1) is 21.9. The highest BCUT2D eigenvalue weighted by molar-refractivity contribution is 6.08. The van der Waals surface area contributed by atoms with E-state index in [1.807, 2.05) is 12.3 Å². The lowest BCUT2D eigenvalue weighted by molar-refractivity contribution is -0.0665. The molecule has 172 valence electrons. The molecule has 0 aliphatic heterocycles. The first-order valence-corrected chi connectivity index (χ1v) is 11.6. The topological polar surface area (TPSA) is 65.7 Å². The molecule has 1 aliphatic rings. The lowest BCUT2D eigenvalue weighted by atomic mass is 9.92. The fraction of sp³-hybridized carbons (Fsp3) is 0.370. The molecule has 0 unspecified atom stereocenters. The Morgan fingerprint density at radius 3 is 2.55 bits per heavy atom. The lowest BCUT2D eigenvalue weighted by Gasteiger charge is -2.34. The number of ether oxygens (including phenoxy) is 3. The summed E-state index contributed by atoms with van der Waals surface area (Å²) in [4.78, 5) is 4.54. The van der Waals surface area contributed by atoms with Crippen molar-refractivity contribution in [2.24, 2.45) is 7.05 Å². The Balaban J connectivity index is 1.16. The first-order chi connectivity index (χ1) is 16.2. The summed E-state index contributed by atoms with van der Waals surface area (Å²) >= 11 is 0. The van der Waals surface area contributed by atoms with Crippen LogP contribution in [0, 0.1) is 0 Å². The Morgan fingerprint density at radius 1 is 0.909 bits per heavy atom. The van der Waals surface area contributed by atoms with Gasteiger partial charge in [-0.1, -0.05) is 30.3 Å². The third-order valence-corrected chi connectivity index (χ3v) is 6.35. The quantitative estimate of drug-likeness (QED) is 0.357. The van der Waals surface area contributed by atoms with Gasteiger partial charge < -0.3 is 23.9 Å². The molecule has 1 aliphatic carbocycles. The van der Waals surface area contributed by atoms with Gasteiger partial charge in [0.25, 0.3) is 0 Å². The molecule has 5 rings (SSSR count). The lowest BCUT2D eigenvalue weighted by Crippen LogP contribution is -2.39. The number of aliphatic hydroxyl groups is 1. The maximum Gasteiger partial charge on any atom is 0.213 e. The largest absolute Gasteiger partial charge is 0.474 e. The molecule has 0 amide bonds. The normalized spacial score (nSPS) is 18.0. The Morgan fingerprint density at radius 2 is 1.73 bits per heavy atom. The number of hydrogen-bond acceptors (Lipinski definition) is 5. The highest BCUT2D eigenvalue weighted by atomic mass is 16.5. The van der Waals surface area contributed by atoms with E-state index in [2.05, 4.69) is 65.1 Å². The zero-order chi connectivity index (χ0) is 22.6. The Bertz CT molecular complexity index is 1210. The van der Waals surface area contributed by atoms with E-state index in [9.17, 15) is 0 Å². The monoisotopic (exact) mass is 446 g/mol. The third-order valence-electron chi connectivity index (χ3n) is 6.35. The van der Waals surface area contributed by atoms with E-state index < -0.39 is 0 Å². The minimum Gasteiger partial charge on any atom is -0.474 e. The van der Waals surface area contributed by atoms with E-state index in [0.717, 1.165) is 30.4 Å². The summed E-state index contributed by atoms with van der Waals surface area (Å²) in [5, 5.41) is 11.2. The van der Waals surface area contributed by atoms with Gasteiger partial charge in [-0.3, -0.25) is 0 Å². The smallest absolute Gasteiger partial charge is 0.213 e. The second-order valence-corrected chi connectivity index (χ2v) is 8.59. The molecule has 2 aromatic heterocycles. The Hall–Kier alpha value is -2.93. The van der Waals surface area contributed by atoms with Gasteiger partial charge >= 0.3 is 0 Å². The number of hydrogen-bond donors (Lipinski definition) is 1. The standard InChI is InChI=1S/C27H30N2O4/c1-29-25-6-3-2-5-23(25)24-9-7-19(15-26(24)29)20-8-10-27(28-18-20)33-22-16-21(17-22)32-13-4-12-31-14-11-30/h2-3,5-10,15,18,21-22,30H,4,11-14,16-17H2,1H3. The van der Waals surface area contributed by atoms with Gasteiger partial charge in [-0.2, -0.15) is 0 Å². The summed E-state index contributed by atoms with van der Waals surface area (Å²) in [6.45, 7) is 1.76. The van der Waals surface area contributed by atoms with Crippen molar-refractivity contribution in [1.82, 2.24) is 9.55 Å². The minimum atomic E-state index is 0.0664. The van der Waals surface area contributed by atoms with Crippen molar-refractivity contribution in [2.75, 3.05) is 26.4 Å². The molecular weight excluding hydrogens is 416 g/mol. The molecule has 0 radical (unpaired) electrons. The van der Waals surface area contributed by atoms with Crippen molar-refractivity contribution in [1.29, 1.82) is 0 Å². The number of benzene rings is 2. The zero-order valence-corrected chi connectivity index (χ0v) is 18.9. The van der Waals surface area contributed by atoms with Crippen molar-refractivity contribution >= 4 is 21.8 Å². The Labute approximate surface area is 193 Å². The van der Waals surface area contributed by atoms with Crippen LogP contribution in [0.3, 0.4) is 0 Å². The minimum absolute atomic E-state index is 0.0664. The van der Waals surface area contributed by atoms with Crippen molar-refractivity contribution in [3.05, 3.63) is 60.8 Å². The van der Waals surface area contributed by atoms with Crippen LogP contribution in [-0.4, -0.2) is 53.3 Å². The first-order valence-electron chi connectivity index (χ1n) is 11.6. The molecule has 2 aromatic carbocycles. The van der Waals surface area contributed by atoms with Crippen molar-refractivity contribution in [2.45, 2.75) is 31.5 Å². The van der Waals surface area contributed by atoms with Gasteiger partial charge in [0.1, 0.15) is 6.10 Å². The summed E-state index contributed by atoms with van der Waals surface area (Å²) < 4.78 is 19.3. The molecule has 1 saturated carbocycles. The van der Waals surface area contributed by atoms with E-state index >= 15 is 0 Å². The molecule has 0 spiro atoms. The van der Waals surface area contributed by atoms with Crippen LogP contribution in [0.25, 0.3) is 32.9 Å². The number of aryl methyl sites for hydroxylation is 1. The van der Waals surface area contributed by atoms with Crippen molar-refractivity contribution in [3.63, 3.8) is 0 Å². The van der Waals surface area contributed by atoms with E-state index in [1.54, 1.807) is 0 Å². The van der Waals surface area contributed by atoms with Crippen LogP contribution in [-0.2, 0) is 16.5 Å². The fourth-order valence-electron chi connectivity index (χ4n) is 4.46. The van der Waals surface area contributed by atoms with Crippen LogP contribution >= 0.6 is 0 Å². The summed E-state index contributed by atoms with van der Waals surface area (Å²) in [7, 11) is 2.12. The highest BCUT2D eigenvalue weighted by Crippen LogP contribution is 2.32. The summed E-state index contributed by atoms with van der Waals surface area (Å²) in [5.41, 5.74) is 4.68. The van der Waals surface area contributed by atoms with Crippen LogP contribution in [0.4, 0.5) is 0 Å². The Kier molecular flexibility index (Phi) is 6.58. The van der Waals surface area contributed by atoms with Crippen LogP contribution in [0.1, 0.15) is 19.3 Å². The number of rotatable bonds is 10. The van der Waals surface area contributed by atoms with Gasteiger partial charge in [-0.05, 0) is 30.2 Å². The predicted molar refractivity (Wildman–Crippen MR) is 130 cm³/mol. The average molecular weight is 447 g/mol. The third kappa shape index (κ3) is 4.74. The molecule has 2 heterocycles. The SMILES string of the molecule is Cn1c2ccccc2c2ccc(-c3ccc(OC4CC(OCCCOCCO)C4)nc3)cc21. The van der Waals surface area contributed by atoms with Crippen molar-refractivity contribution in [3.8, 4) is 17.0 Å². The van der Waals surface area contributed by atoms with E-state index in [4.69, 9.17) is 19.3 Å². The van der Waals surface area contributed by atoms with E-state index in [1.165, 1.54) is 21.8 Å². The van der Waals surface area contributed by atoms with Crippen molar-refractivity contribution < 1.29 is 19.3 Å². The van der Waals surface area contributed by atoms with Gasteiger partial charge in [0.15, 0.2) is 0 Å². The van der Waals surface area contributed by atoms with Crippen LogP contribution in [0.2, 0.25) is 0 Å². The van der Waals surface area contributed by atoms with Gasteiger partial charge in [0.05, 0.1) is 19.3 Å². The molecule has 33 heavy (non-hydrogen) atoms. The second kappa shape index (κ2) is 9.91.